The summed E-state index contributed by atoms with van der Waals surface area (Å²) in [6.45, 7) is 2.76. The van der Waals surface area contributed by atoms with Gasteiger partial charge < -0.3 is 9.80 Å². The standard InChI is InChI=1S/C24H25BrN6O3S/c1-27-21-20(22(33)28(2)24(27)34)31(15-16-5-7-17(25)8-6-16)23(26-21)30-11-9-29(10-12-30)19(32)14-18-4-3-13-35-18/h3-8,13H,9-12,14-15H2,1-2H3. The summed E-state index contributed by atoms with van der Waals surface area (Å²) < 4.78 is 5.40. The molecule has 4 aromatic rings. The normalized spacial score (nSPS) is 14.1. The molecule has 0 radical (unpaired) electrons. The summed E-state index contributed by atoms with van der Waals surface area (Å²) in [7, 11) is 3.12. The van der Waals surface area contributed by atoms with Gasteiger partial charge in [-0.15, -0.1) is 11.3 Å². The lowest BCUT2D eigenvalue weighted by Crippen LogP contribution is -2.50. The second kappa shape index (κ2) is 9.46. The van der Waals surface area contributed by atoms with Gasteiger partial charge in [-0.05, 0) is 29.1 Å². The Balaban J connectivity index is 1.48. The zero-order valence-corrected chi connectivity index (χ0v) is 21.9. The number of hydrogen-bond donors (Lipinski definition) is 0. The Hall–Kier alpha value is -3.18. The van der Waals surface area contributed by atoms with Crippen molar-refractivity contribution in [2.45, 2.75) is 13.0 Å². The van der Waals surface area contributed by atoms with Crippen LogP contribution in [0.15, 0.2) is 55.8 Å². The van der Waals surface area contributed by atoms with Crippen LogP contribution in [0.4, 0.5) is 5.95 Å². The molecule has 0 atom stereocenters. The number of thiophene rings is 1. The van der Waals surface area contributed by atoms with Crippen molar-refractivity contribution in [1.82, 2.24) is 23.6 Å². The summed E-state index contributed by atoms with van der Waals surface area (Å²) >= 11 is 5.05. The van der Waals surface area contributed by atoms with Gasteiger partial charge in [0.25, 0.3) is 5.56 Å². The second-order valence-electron chi connectivity index (χ2n) is 8.63. The largest absolute Gasteiger partial charge is 0.339 e. The maximum atomic E-state index is 13.2. The van der Waals surface area contributed by atoms with Crippen molar-refractivity contribution in [3.05, 3.63) is 77.5 Å². The molecule has 1 aliphatic rings. The fourth-order valence-electron chi connectivity index (χ4n) is 4.43. The Labute approximate surface area is 214 Å². The highest BCUT2D eigenvalue weighted by atomic mass is 79.9. The van der Waals surface area contributed by atoms with Gasteiger partial charge in [-0.25, -0.2) is 4.79 Å². The van der Waals surface area contributed by atoms with Gasteiger partial charge in [0.2, 0.25) is 11.9 Å². The van der Waals surface area contributed by atoms with Crippen LogP contribution in [0.5, 0.6) is 0 Å². The van der Waals surface area contributed by atoms with Gasteiger partial charge in [0.05, 0.1) is 13.0 Å². The maximum absolute atomic E-state index is 13.2. The van der Waals surface area contributed by atoms with Gasteiger partial charge in [-0.1, -0.05) is 34.1 Å². The maximum Gasteiger partial charge on any atom is 0.332 e. The van der Waals surface area contributed by atoms with Crippen LogP contribution in [0.3, 0.4) is 0 Å². The first-order valence-corrected chi connectivity index (χ1v) is 13.0. The minimum absolute atomic E-state index is 0.117. The summed E-state index contributed by atoms with van der Waals surface area (Å²) in [5, 5.41) is 1.98. The summed E-state index contributed by atoms with van der Waals surface area (Å²) in [6, 6.07) is 11.8. The molecule has 1 aromatic carbocycles. The summed E-state index contributed by atoms with van der Waals surface area (Å²) in [4.78, 5) is 48.3. The zero-order chi connectivity index (χ0) is 24.7. The second-order valence-corrected chi connectivity index (χ2v) is 10.6. The number of nitrogens with zero attached hydrogens (tertiary/aromatic N) is 6. The molecule has 5 rings (SSSR count). The van der Waals surface area contributed by atoms with Crippen LogP contribution in [-0.2, 0) is 31.9 Å². The quantitative estimate of drug-likeness (QED) is 0.376. The summed E-state index contributed by atoms with van der Waals surface area (Å²) in [5.74, 6) is 0.748. The average molecular weight is 557 g/mol. The molecule has 1 fully saturated rings. The number of halogens is 1. The zero-order valence-electron chi connectivity index (χ0n) is 19.5. The van der Waals surface area contributed by atoms with Gasteiger partial charge in [0, 0.05) is 49.6 Å². The van der Waals surface area contributed by atoms with E-state index < -0.39 is 5.69 Å². The van der Waals surface area contributed by atoms with Crippen molar-refractivity contribution in [1.29, 1.82) is 0 Å². The molecule has 4 heterocycles. The molecular weight excluding hydrogens is 532 g/mol. The van der Waals surface area contributed by atoms with E-state index in [9.17, 15) is 14.4 Å². The molecule has 0 aliphatic carbocycles. The van der Waals surface area contributed by atoms with Crippen molar-refractivity contribution >= 4 is 50.3 Å². The molecular formula is C24H25BrN6O3S. The number of carbonyl (C=O) groups is 1. The molecule has 3 aromatic heterocycles. The van der Waals surface area contributed by atoms with E-state index in [2.05, 4.69) is 20.8 Å². The monoisotopic (exact) mass is 556 g/mol. The van der Waals surface area contributed by atoms with Gasteiger partial charge in [-0.3, -0.25) is 23.3 Å². The number of aromatic nitrogens is 4. The molecule has 0 bridgehead atoms. The van der Waals surface area contributed by atoms with Gasteiger partial charge in [0.15, 0.2) is 11.2 Å². The van der Waals surface area contributed by atoms with E-state index in [4.69, 9.17) is 4.98 Å². The Morgan fingerprint density at radius 2 is 1.74 bits per heavy atom. The number of aryl methyl sites for hydroxylation is 1. The summed E-state index contributed by atoms with van der Waals surface area (Å²) in [6.07, 6.45) is 0.415. The minimum atomic E-state index is -0.411. The lowest BCUT2D eigenvalue weighted by molar-refractivity contribution is -0.130. The average Bonchev–Trinajstić information content (AvgIpc) is 3.51. The molecule has 1 amide bonds. The Morgan fingerprint density at radius 3 is 2.40 bits per heavy atom. The molecule has 35 heavy (non-hydrogen) atoms. The molecule has 0 N–H and O–H groups in total. The van der Waals surface area contributed by atoms with E-state index in [0.717, 1.165) is 19.5 Å². The highest BCUT2D eigenvalue weighted by molar-refractivity contribution is 9.10. The molecule has 0 unspecified atom stereocenters. The van der Waals surface area contributed by atoms with Crippen LogP contribution in [0, 0.1) is 0 Å². The predicted molar refractivity (Wildman–Crippen MR) is 140 cm³/mol. The number of carbonyl (C=O) groups excluding carboxylic acids is 1. The van der Waals surface area contributed by atoms with E-state index in [-0.39, 0.29) is 11.5 Å². The van der Waals surface area contributed by atoms with Crippen LogP contribution in [-0.4, -0.2) is 55.7 Å². The Morgan fingerprint density at radius 1 is 1.03 bits per heavy atom. The van der Waals surface area contributed by atoms with Gasteiger partial charge in [-0.2, -0.15) is 4.98 Å². The number of fused-ring (bicyclic) bond motifs is 1. The van der Waals surface area contributed by atoms with Crippen LogP contribution in [0.25, 0.3) is 11.2 Å². The number of anilines is 1. The first-order chi connectivity index (χ1) is 16.8. The van der Waals surface area contributed by atoms with Crippen molar-refractivity contribution < 1.29 is 4.79 Å². The van der Waals surface area contributed by atoms with E-state index in [1.54, 1.807) is 18.4 Å². The van der Waals surface area contributed by atoms with Crippen LogP contribution >= 0.6 is 27.3 Å². The molecule has 1 aliphatic heterocycles. The van der Waals surface area contributed by atoms with Crippen molar-refractivity contribution in [3.8, 4) is 0 Å². The number of rotatable bonds is 5. The smallest absolute Gasteiger partial charge is 0.332 e. The van der Waals surface area contributed by atoms with E-state index in [0.29, 0.717) is 56.3 Å². The lowest BCUT2D eigenvalue weighted by atomic mass is 10.2. The van der Waals surface area contributed by atoms with Gasteiger partial charge >= 0.3 is 5.69 Å². The summed E-state index contributed by atoms with van der Waals surface area (Å²) in [5.41, 5.74) is 0.981. The molecule has 1 saturated heterocycles. The molecule has 11 heteroatoms. The van der Waals surface area contributed by atoms with E-state index >= 15 is 0 Å². The first-order valence-electron chi connectivity index (χ1n) is 11.3. The Bertz CT molecular complexity index is 1500. The lowest BCUT2D eigenvalue weighted by Gasteiger charge is -2.35. The predicted octanol–water partition coefficient (Wildman–Crippen LogP) is 2.20. The number of imidazole rings is 1. The number of hydrogen-bond acceptors (Lipinski definition) is 6. The molecule has 182 valence electrons. The van der Waals surface area contributed by atoms with Crippen LogP contribution < -0.4 is 16.1 Å². The molecule has 0 spiro atoms. The third-order valence-electron chi connectivity index (χ3n) is 6.40. The SMILES string of the molecule is Cn1c(=O)c2c(nc(N3CCN(C(=O)Cc4cccs4)CC3)n2Cc2ccc(Br)cc2)n(C)c1=O. The molecule has 9 nitrogen and oxygen atoms in total. The number of benzene rings is 1. The van der Waals surface area contributed by atoms with E-state index in [1.165, 1.54) is 11.6 Å². The van der Waals surface area contributed by atoms with Gasteiger partial charge in [0.1, 0.15) is 0 Å². The highest BCUT2D eigenvalue weighted by Crippen LogP contribution is 2.23. The Kier molecular flexibility index (Phi) is 6.37. The fourth-order valence-corrected chi connectivity index (χ4v) is 5.39. The first kappa shape index (κ1) is 23.6. The minimum Gasteiger partial charge on any atom is -0.339 e. The van der Waals surface area contributed by atoms with Crippen molar-refractivity contribution in [2.24, 2.45) is 14.1 Å². The van der Waals surface area contributed by atoms with Crippen LogP contribution in [0.2, 0.25) is 0 Å². The van der Waals surface area contributed by atoms with Crippen LogP contribution in [0.1, 0.15) is 10.4 Å². The fraction of sp³-hybridized carbons (Fsp3) is 0.333. The topological polar surface area (TPSA) is 85.4 Å². The third kappa shape index (κ3) is 4.45. The van der Waals surface area contributed by atoms with Crippen molar-refractivity contribution in [2.75, 3.05) is 31.1 Å². The number of amides is 1. The van der Waals surface area contributed by atoms with E-state index in [1.807, 2.05) is 51.2 Å². The van der Waals surface area contributed by atoms with Crippen molar-refractivity contribution in [3.63, 3.8) is 0 Å². The highest BCUT2D eigenvalue weighted by Gasteiger charge is 2.27. The third-order valence-corrected chi connectivity index (χ3v) is 7.81. The molecule has 0 saturated carbocycles. The number of piperazine rings is 1.